The van der Waals surface area contributed by atoms with Crippen LogP contribution in [0, 0.1) is 11.8 Å². The molecule has 1 fully saturated rings. The molecule has 3 nitrogen and oxygen atoms in total. The average Bonchev–Trinajstić information content (AvgIpc) is 1.92. The molecule has 0 saturated heterocycles. The van der Waals surface area contributed by atoms with Crippen molar-refractivity contribution in [1.82, 2.24) is 0 Å². The summed E-state index contributed by atoms with van der Waals surface area (Å²) in [5, 5.41) is 0. The molecule has 0 aromatic rings. The van der Waals surface area contributed by atoms with Crippen LogP contribution in [0.25, 0.3) is 0 Å². The number of hydrogen-bond acceptors (Lipinski definition) is 2. The van der Waals surface area contributed by atoms with Crippen LogP contribution < -0.4 is 0 Å². The third-order valence-electron chi connectivity index (χ3n) is 2.30. The standard InChI is InChI=1S/C8H16.CH4O3S/c1-7-3-5-8(2)6-4-7;1-5(2,3)4/h7-8H,3-6H2,1-2H3;1H3,(H,2,3,4). The first-order chi connectivity index (χ1) is 5.79. The monoisotopic (exact) mass is 208 g/mol. The van der Waals surface area contributed by atoms with Crippen LogP contribution >= 0.6 is 0 Å². The molecular formula is C9H20O3S. The zero-order valence-electron chi connectivity index (χ0n) is 8.66. The summed E-state index contributed by atoms with van der Waals surface area (Å²) in [6.45, 7) is 4.73. The fourth-order valence-corrected chi connectivity index (χ4v) is 1.43. The van der Waals surface area contributed by atoms with E-state index in [-0.39, 0.29) is 0 Å². The third-order valence-corrected chi connectivity index (χ3v) is 2.30. The minimum Gasteiger partial charge on any atom is -0.286 e. The Morgan fingerprint density at radius 2 is 1.15 bits per heavy atom. The molecule has 13 heavy (non-hydrogen) atoms. The van der Waals surface area contributed by atoms with E-state index in [1.807, 2.05) is 0 Å². The lowest BCUT2D eigenvalue weighted by molar-refractivity contribution is 0.308. The quantitative estimate of drug-likeness (QED) is 0.622. The van der Waals surface area contributed by atoms with Gasteiger partial charge in [0.15, 0.2) is 0 Å². The third kappa shape index (κ3) is 11.9. The lowest BCUT2D eigenvalue weighted by atomic mass is 9.84. The normalized spacial score (nSPS) is 28.9. The summed E-state index contributed by atoms with van der Waals surface area (Å²) < 4.78 is 25.9. The highest BCUT2D eigenvalue weighted by Crippen LogP contribution is 2.27. The molecule has 1 aliphatic rings. The molecule has 0 atom stereocenters. The van der Waals surface area contributed by atoms with Gasteiger partial charge >= 0.3 is 0 Å². The van der Waals surface area contributed by atoms with Gasteiger partial charge in [-0.2, -0.15) is 8.42 Å². The van der Waals surface area contributed by atoms with Crippen LogP contribution in [0.3, 0.4) is 0 Å². The average molecular weight is 208 g/mol. The fourth-order valence-electron chi connectivity index (χ4n) is 1.43. The van der Waals surface area contributed by atoms with Crippen LogP contribution in [0.15, 0.2) is 0 Å². The second-order valence-corrected chi connectivity index (χ2v) is 5.56. The first-order valence-electron chi connectivity index (χ1n) is 4.71. The molecule has 1 N–H and O–H groups in total. The first kappa shape index (κ1) is 12.9. The Labute approximate surface area is 81.3 Å². The highest BCUT2D eigenvalue weighted by atomic mass is 32.2. The Bertz CT molecular complexity index is 195. The summed E-state index contributed by atoms with van der Waals surface area (Å²) in [5.74, 6) is 2.04. The number of rotatable bonds is 0. The molecule has 0 radical (unpaired) electrons. The Balaban J connectivity index is 0.000000252. The molecule has 0 aromatic heterocycles. The zero-order valence-corrected chi connectivity index (χ0v) is 9.47. The lowest BCUT2D eigenvalue weighted by Gasteiger charge is -2.22. The molecule has 1 aliphatic carbocycles. The van der Waals surface area contributed by atoms with Crippen molar-refractivity contribution >= 4 is 10.1 Å². The SMILES string of the molecule is CC1CCC(C)CC1.CS(=O)(=O)O. The summed E-state index contributed by atoms with van der Waals surface area (Å²) >= 11 is 0. The molecule has 1 saturated carbocycles. The molecule has 0 bridgehead atoms. The van der Waals surface area contributed by atoms with Gasteiger partial charge in [-0.1, -0.05) is 39.5 Å². The van der Waals surface area contributed by atoms with Crippen LogP contribution in [0.2, 0.25) is 0 Å². The van der Waals surface area contributed by atoms with Gasteiger partial charge in [-0.15, -0.1) is 0 Å². The molecule has 80 valence electrons. The van der Waals surface area contributed by atoms with E-state index in [9.17, 15) is 8.42 Å². The molecule has 0 heterocycles. The Hall–Kier alpha value is -0.0900. The van der Waals surface area contributed by atoms with Gasteiger partial charge in [0.05, 0.1) is 6.26 Å². The van der Waals surface area contributed by atoms with Crippen LogP contribution in [0.4, 0.5) is 0 Å². The van der Waals surface area contributed by atoms with Crippen LogP contribution in [0.5, 0.6) is 0 Å². The summed E-state index contributed by atoms with van der Waals surface area (Å²) in [4.78, 5) is 0. The molecule has 0 aromatic carbocycles. The van der Waals surface area contributed by atoms with Crippen molar-refractivity contribution < 1.29 is 13.0 Å². The highest BCUT2D eigenvalue weighted by molar-refractivity contribution is 7.85. The lowest BCUT2D eigenvalue weighted by Crippen LogP contribution is -2.08. The van der Waals surface area contributed by atoms with Gasteiger partial charge in [-0.25, -0.2) is 0 Å². The predicted molar refractivity (Wildman–Crippen MR) is 54.3 cm³/mol. The first-order valence-corrected chi connectivity index (χ1v) is 6.56. The second kappa shape index (κ2) is 5.60. The van der Waals surface area contributed by atoms with Crippen molar-refractivity contribution in [3.63, 3.8) is 0 Å². The Kier molecular flexibility index (Phi) is 5.56. The van der Waals surface area contributed by atoms with Gasteiger partial charge in [0.1, 0.15) is 0 Å². The van der Waals surface area contributed by atoms with Crippen molar-refractivity contribution in [2.24, 2.45) is 11.8 Å². The van der Waals surface area contributed by atoms with Gasteiger partial charge in [-0.05, 0) is 11.8 Å². The topological polar surface area (TPSA) is 54.4 Å². The molecule has 0 unspecified atom stereocenters. The minimum atomic E-state index is -3.67. The molecule has 0 amide bonds. The van der Waals surface area contributed by atoms with Crippen molar-refractivity contribution in [1.29, 1.82) is 0 Å². The number of hydrogen-bond donors (Lipinski definition) is 1. The smallest absolute Gasteiger partial charge is 0.261 e. The largest absolute Gasteiger partial charge is 0.286 e. The van der Waals surface area contributed by atoms with E-state index in [1.165, 1.54) is 25.7 Å². The Morgan fingerprint density at radius 3 is 1.31 bits per heavy atom. The van der Waals surface area contributed by atoms with E-state index in [0.717, 1.165) is 11.8 Å². The predicted octanol–water partition coefficient (Wildman–Crippen LogP) is 2.34. The van der Waals surface area contributed by atoms with Gasteiger partial charge in [0.2, 0.25) is 0 Å². The van der Waals surface area contributed by atoms with Gasteiger partial charge in [0, 0.05) is 0 Å². The van der Waals surface area contributed by atoms with E-state index in [2.05, 4.69) is 13.8 Å². The van der Waals surface area contributed by atoms with Gasteiger partial charge in [0.25, 0.3) is 10.1 Å². The molecule has 0 aliphatic heterocycles. The van der Waals surface area contributed by atoms with Crippen molar-refractivity contribution in [2.45, 2.75) is 39.5 Å². The molecule has 1 rings (SSSR count). The summed E-state index contributed by atoms with van der Waals surface area (Å²) in [6, 6.07) is 0. The summed E-state index contributed by atoms with van der Waals surface area (Å²) in [7, 11) is -3.67. The van der Waals surface area contributed by atoms with E-state index in [0.29, 0.717) is 6.26 Å². The van der Waals surface area contributed by atoms with E-state index in [1.54, 1.807) is 0 Å². The van der Waals surface area contributed by atoms with Crippen molar-refractivity contribution in [3.8, 4) is 0 Å². The maximum atomic E-state index is 9.19. The minimum absolute atomic E-state index is 0.715. The highest BCUT2D eigenvalue weighted by Gasteiger charge is 2.13. The van der Waals surface area contributed by atoms with E-state index >= 15 is 0 Å². The maximum Gasteiger partial charge on any atom is 0.261 e. The van der Waals surface area contributed by atoms with Crippen molar-refractivity contribution in [2.75, 3.05) is 6.26 Å². The van der Waals surface area contributed by atoms with Gasteiger partial charge in [-0.3, -0.25) is 4.55 Å². The summed E-state index contributed by atoms with van der Waals surface area (Å²) in [6.07, 6.45) is 6.61. The summed E-state index contributed by atoms with van der Waals surface area (Å²) in [5.41, 5.74) is 0. The van der Waals surface area contributed by atoms with E-state index < -0.39 is 10.1 Å². The maximum absolute atomic E-state index is 9.19. The second-order valence-electron chi connectivity index (χ2n) is 4.10. The fraction of sp³-hybridized carbons (Fsp3) is 1.00. The van der Waals surface area contributed by atoms with E-state index in [4.69, 9.17) is 4.55 Å². The van der Waals surface area contributed by atoms with Gasteiger partial charge < -0.3 is 0 Å². The Morgan fingerprint density at radius 1 is 1.00 bits per heavy atom. The molecule has 0 spiro atoms. The zero-order chi connectivity index (χ0) is 10.5. The van der Waals surface area contributed by atoms with Crippen LogP contribution in [-0.2, 0) is 10.1 Å². The molecule has 4 heteroatoms. The van der Waals surface area contributed by atoms with Crippen LogP contribution in [-0.4, -0.2) is 19.2 Å². The van der Waals surface area contributed by atoms with Crippen molar-refractivity contribution in [3.05, 3.63) is 0 Å². The van der Waals surface area contributed by atoms with Crippen LogP contribution in [0.1, 0.15) is 39.5 Å². The molecular weight excluding hydrogens is 188 g/mol.